The van der Waals surface area contributed by atoms with Gasteiger partial charge in [0.25, 0.3) is 5.91 Å². The summed E-state index contributed by atoms with van der Waals surface area (Å²) < 4.78 is 1.63. The van der Waals surface area contributed by atoms with E-state index < -0.39 is 5.91 Å². The zero-order chi connectivity index (χ0) is 11.8. The molecule has 3 rings (SSSR count). The summed E-state index contributed by atoms with van der Waals surface area (Å²) in [5.41, 5.74) is 7.79. The maximum atomic E-state index is 11.5. The van der Waals surface area contributed by atoms with Crippen molar-refractivity contribution in [3.63, 3.8) is 0 Å². The lowest BCUT2D eigenvalue weighted by atomic mass is 10.1. The van der Waals surface area contributed by atoms with Crippen LogP contribution in [0.1, 0.15) is 10.4 Å². The zero-order valence-corrected chi connectivity index (χ0v) is 8.79. The molecule has 0 aliphatic rings. The molecule has 0 saturated carbocycles. The summed E-state index contributed by atoms with van der Waals surface area (Å²) >= 11 is 0. The van der Waals surface area contributed by atoms with Crippen LogP contribution in [0.5, 0.6) is 0 Å². The Labute approximate surface area is 96.1 Å². The van der Waals surface area contributed by atoms with Crippen molar-refractivity contribution in [3.05, 3.63) is 42.4 Å². The molecule has 3 aromatic rings. The fourth-order valence-corrected chi connectivity index (χ4v) is 1.82. The molecule has 0 atom stereocenters. The van der Waals surface area contributed by atoms with Gasteiger partial charge in [0.15, 0.2) is 0 Å². The maximum Gasteiger partial charge on any atom is 0.253 e. The smallest absolute Gasteiger partial charge is 0.253 e. The lowest BCUT2D eigenvalue weighted by molar-refractivity contribution is 0.100. The lowest BCUT2D eigenvalue weighted by Crippen LogP contribution is -2.11. The first-order valence-corrected chi connectivity index (χ1v) is 5.03. The number of aromatic nitrogens is 4. The van der Waals surface area contributed by atoms with E-state index in [2.05, 4.69) is 15.3 Å². The number of nitrogens with one attached hydrogen (secondary N) is 1. The van der Waals surface area contributed by atoms with Crippen LogP contribution in [0.15, 0.2) is 36.8 Å². The quantitative estimate of drug-likeness (QED) is 0.679. The number of carbonyl (C=O) groups is 1. The number of primary amides is 1. The summed E-state index contributed by atoms with van der Waals surface area (Å²) in [7, 11) is 0. The van der Waals surface area contributed by atoms with Gasteiger partial charge in [-0.25, -0.2) is 4.52 Å². The molecular weight excluding hydrogens is 218 g/mol. The molecule has 3 heterocycles. The van der Waals surface area contributed by atoms with Crippen LogP contribution in [0, 0.1) is 0 Å². The summed E-state index contributed by atoms with van der Waals surface area (Å²) in [6, 6.07) is 5.48. The van der Waals surface area contributed by atoms with Crippen LogP contribution in [0.25, 0.3) is 16.8 Å². The molecule has 0 radical (unpaired) electrons. The predicted octanol–water partition coefficient (Wildman–Crippen LogP) is 0.823. The van der Waals surface area contributed by atoms with Crippen molar-refractivity contribution in [2.24, 2.45) is 5.73 Å². The average Bonchev–Trinajstić information content (AvgIpc) is 2.95. The fraction of sp³-hybridized carbons (Fsp3) is 0. The minimum atomic E-state index is -0.498. The van der Waals surface area contributed by atoms with Gasteiger partial charge in [-0.2, -0.15) is 10.2 Å². The molecule has 3 aromatic heterocycles. The maximum absolute atomic E-state index is 11.5. The van der Waals surface area contributed by atoms with E-state index in [9.17, 15) is 4.79 Å². The molecule has 0 aromatic carbocycles. The first-order valence-electron chi connectivity index (χ1n) is 5.03. The van der Waals surface area contributed by atoms with Gasteiger partial charge in [-0.05, 0) is 12.1 Å². The second-order valence-corrected chi connectivity index (χ2v) is 3.61. The van der Waals surface area contributed by atoms with E-state index in [0.29, 0.717) is 16.8 Å². The highest BCUT2D eigenvalue weighted by atomic mass is 16.1. The van der Waals surface area contributed by atoms with Gasteiger partial charge < -0.3 is 5.73 Å². The van der Waals surface area contributed by atoms with Crippen molar-refractivity contribution in [2.75, 3.05) is 0 Å². The highest BCUT2D eigenvalue weighted by Gasteiger charge is 2.18. The van der Waals surface area contributed by atoms with Crippen LogP contribution in [-0.2, 0) is 0 Å². The van der Waals surface area contributed by atoms with Gasteiger partial charge in [0.05, 0.1) is 17.3 Å². The highest BCUT2D eigenvalue weighted by molar-refractivity contribution is 6.05. The van der Waals surface area contributed by atoms with Crippen LogP contribution in [0.2, 0.25) is 0 Å². The molecule has 0 saturated heterocycles. The lowest BCUT2D eigenvalue weighted by Gasteiger charge is -1.94. The third-order valence-electron chi connectivity index (χ3n) is 2.56. The summed E-state index contributed by atoms with van der Waals surface area (Å²) in [5, 5.41) is 10.9. The van der Waals surface area contributed by atoms with Crippen molar-refractivity contribution in [1.29, 1.82) is 0 Å². The fourth-order valence-electron chi connectivity index (χ4n) is 1.82. The Morgan fingerprint density at radius 1 is 1.41 bits per heavy atom. The van der Waals surface area contributed by atoms with Crippen molar-refractivity contribution in [1.82, 2.24) is 19.8 Å². The van der Waals surface area contributed by atoms with Crippen LogP contribution >= 0.6 is 0 Å². The SMILES string of the molecule is NC(=O)c1c(-c2cn[nH]c2)nn2ccccc12. The molecule has 6 nitrogen and oxygen atoms in total. The second kappa shape index (κ2) is 3.44. The molecule has 0 spiro atoms. The van der Waals surface area contributed by atoms with E-state index in [0.717, 1.165) is 5.56 Å². The highest BCUT2D eigenvalue weighted by Crippen LogP contribution is 2.24. The zero-order valence-electron chi connectivity index (χ0n) is 8.79. The number of aromatic amines is 1. The number of hydrogen-bond donors (Lipinski definition) is 2. The molecule has 0 aliphatic carbocycles. The molecule has 84 valence electrons. The van der Waals surface area contributed by atoms with Crippen molar-refractivity contribution in [3.8, 4) is 11.3 Å². The third kappa shape index (κ3) is 1.38. The van der Waals surface area contributed by atoms with Gasteiger partial charge in [-0.3, -0.25) is 9.89 Å². The van der Waals surface area contributed by atoms with Gasteiger partial charge in [-0.1, -0.05) is 6.07 Å². The van der Waals surface area contributed by atoms with Gasteiger partial charge in [0.1, 0.15) is 5.69 Å². The molecule has 17 heavy (non-hydrogen) atoms. The molecule has 0 unspecified atom stereocenters. The van der Waals surface area contributed by atoms with Gasteiger partial charge in [0, 0.05) is 18.0 Å². The Morgan fingerprint density at radius 3 is 3.00 bits per heavy atom. The molecule has 0 fully saturated rings. The summed E-state index contributed by atoms with van der Waals surface area (Å²) in [6.07, 6.45) is 5.05. The second-order valence-electron chi connectivity index (χ2n) is 3.61. The van der Waals surface area contributed by atoms with Crippen molar-refractivity contribution in [2.45, 2.75) is 0 Å². The van der Waals surface area contributed by atoms with Crippen LogP contribution in [-0.4, -0.2) is 25.7 Å². The van der Waals surface area contributed by atoms with Crippen molar-refractivity contribution >= 4 is 11.4 Å². The van der Waals surface area contributed by atoms with Crippen LogP contribution in [0.3, 0.4) is 0 Å². The van der Waals surface area contributed by atoms with E-state index in [1.165, 1.54) is 0 Å². The number of nitrogens with zero attached hydrogens (tertiary/aromatic N) is 3. The van der Waals surface area contributed by atoms with E-state index in [1.807, 2.05) is 12.1 Å². The van der Waals surface area contributed by atoms with Crippen molar-refractivity contribution < 1.29 is 4.79 Å². The van der Waals surface area contributed by atoms with E-state index in [4.69, 9.17) is 5.73 Å². The molecule has 1 amide bonds. The normalized spacial score (nSPS) is 10.8. The van der Waals surface area contributed by atoms with Gasteiger partial charge in [-0.15, -0.1) is 0 Å². The summed E-state index contributed by atoms with van der Waals surface area (Å²) in [4.78, 5) is 11.5. The number of rotatable bonds is 2. The number of hydrogen-bond acceptors (Lipinski definition) is 3. The number of nitrogens with two attached hydrogens (primary N) is 1. The van der Waals surface area contributed by atoms with Gasteiger partial charge >= 0.3 is 0 Å². The Bertz CT molecular complexity index is 683. The van der Waals surface area contributed by atoms with E-state index in [1.54, 1.807) is 29.2 Å². The van der Waals surface area contributed by atoms with E-state index >= 15 is 0 Å². The Morgan fingerprint density at radius 2 is 2.29 bits per heavy atom. The first kappa shape index (κ1) is 9.59. The Kier molecular flexibility index (Phi) is 1.94. The Hall–Kier alpha value is -2.63. The standard InChI is InChI=1S/C11H9N5O/c12-11(17)9-8-3-1-2-4-16(8)15-10(9)7-5-13-14-6-7/h1-6H,(H2,12,17)(H,13,14). The monoisotopic (exact) mass is 227 g/mol. The topological polar surface area (TPSA) is 89.1 Å². The largest absolute Gasteiger partial charge is 0.365 e. The number of carbonyl (C=O) groups excluding carboxylic acids is 1. The first-order chi connectivity index (χ1) is 8.27. The molecule has 0 aliphatic heterocycles. The minimum Gasteiger partial charge on any atom is -0.365 e. The van der Waals surface area contributed by atoms with Crippen LogP contribution in [0.4, 0.5) is 0 Å². The number of pyridine rings is 1. The molecule has 6 heteroatoms. The van der Waals surface area contributed by atoms with E-state index in [-0.39, 0.29) is 0 Å². The molecular formula is C11H9N5O. The summed E-state index contributed by atoms with van der Waals surface area (Å²) in [5.74, 6) is -0.498. The third-order valence-corrected chi connectivity index (χ3v) is 2.56. The minimum absolute atomic E-state index is 0.409. The number of H-pyrrole nitrogens is 1. The summed E-state index contributed by atoms with van der Waals surface area (Å²) in [6.45, 7) is 0. The molecule has 0 bridgehead atoms. The number of fused-ring (bicyclic) bond motifs is 1. The van der Waals surface area contributed by atoms with Gasteiger partial charge in [0.2, 0.25) is 0 Å². The van der Waals surface area contributed by atoms with Crippen LogP contribution < -0.4 is 5.73 Å². The number of amides is 1. The predicted molar refractivity (Wildman–Crippen MR) is 61.3 cm³/mol. The Balaban J connectivity index is 2.38. The molecule has 3 N–H and O–H groups in total. The average molecular weight is 227 g/mol.